The molecule has 1 saturated heterocycles. The highest BCUT2D eigenvalue weighted by Gasteiger charge is 2.42. The average molecular weight is 228 g/mol. The Morgan fingerprint density at radius 2 is 2.00 bits per heavy atom. The fourth-order valence-electron chi connectivity index (χ4n) is 2.45. The van der Waals surface area contributed by atoms with Crippen molar-refractivity contribution in [2.24, 2.45) is 17.8 Å². The van der Waals surface area contributed by atoms with Crippen molar-refractivity contribution in [3.05, 3.63) is 0 Å². The normalized spacial score (nSPS) is 35.0. The van der Waals surface area contributed by atoms with E-state index in [1.165, 1.54) is 0 Å². The van der Waals surface area contributed by atoms with Crippen LogP contribution in [0.5, 0.6) is 0 Å². The number of hydrogen-bond donors (Lipinski definition) is 0. The molecule has 15 heavy (non-hydrogen) atoms. The molecule has 84 valence electrons. The predicted molar refractivity (Wildman–Crippen MR) is 58.7 cm³/mol. The number of rotatable bonds is 2. The van der Waals surface area contributed by atoms with Gasteiger partial charge < -0.3 is 4.74 Å². The highest BCUT2D eigenvalue weighted by Crippen LogP contribution is 2.39. The number of hydrogen-bond acceptors (Lipinski definition) is 4. The first-order valence-corrected chi connectivity index (χ1v) is 6.66. The van der Waals surface area contributed by atoms with Crippen LogP contribution in [-0.2, 0) is 14.3 Å². The molecule has 2 bridgehead atoms. The van der Waals surface area contributed by atoms with Crippen molar-refractivity contribution in [3.8, 4) is 0 Å². The van der Waals surface area contributed by atoms with Crippen LogP contribution in [0.15, 0.2) is 0 Å². The minimum atomic E-state index is -0.105. The first kappa shape index (κ1) is 11.0. The van der Waals surface area contributed by atoms with E-state index in [-0.39, 0.29) is 23.7 Å². The molecule has 1 aliphatic heterocycles. The van der Waals surface area contributed by atoms with Gasteiger partial charge in [0.2, 0.25) is 0 Å². The van der Waals surface area contributed by atoms with Gasteiger partial charge >= 0.3 is 5.97 Å². The molecule has 1 aliphatic carbocycles. The number of esters is 1. The highest BCUT2D eigenvalue weighted by atomic mass is 32.2. The van der Waals surface area contributed by atoms with Gasteiger partial charge in [0.15, 0.2) is 0 Å². The number of thioether (sulfide) groups is 1. The molecule has 2 rings (SSSR count). The van der Waals surface area contributed by atoms with E-state index in [4.69, 9.17) is 4.74 Å². The third-order valence-corrected chi connectivity index (χ3v) is 4.48. The summed E-state index contributed by atoms with van der Waals surface area (Å²) in [5, 5.41) is 0. The van der Waals surface area contributed by atoms with Crippen LogP contribution in [0.2, 0.25) is 0 Å². The topological polar surface area (TPSA) is 43.4 Å². The Hall–Kier alpha value is -0.510. The monoisotopic (exact) mass is 228 g/mol. The molecular weight excluding hydrogens is 212 g/mol. The van der Waals surface area contributed by atoms with E-state index < -0.39 is 0 Å². The molecule has 2 aliphatic rings. The zero-order chi connectivity index (χ0) is 10.8. The second-order valence-corrected chi connectivity index (χ2v) is 5.33. The number of ketones is 1. The third kappa shape index (κ3) is 2.19. The summed E-state index contributed by atoms with van der Waals surface area (Å²) in [6.07, 6.45) is 1.42. The van der Waals surface area contributed by atoms with Gasteiger partial charge in [-0.25, -0.2) is 0 Å². The standard InChI is InChI=1S/C11H16O3S/c1-2-14-11(13)7-3-8-5-15-6-9(4-7)10(8)12/h7-9H,2-6H2,1H3. The van der Waals surface area contributed by atoms with Crippen LogP contribution in [-0.4, -0.2) is 29.9 Å². The van der Waals surface area contributed by atoms with Crippen molar-refractivity contribution in [3.63, 3.8) is 0 Å². The molecule has 0 radical (unpaired) electrons. The molecular formula is C11H16O3S. The van der Waals surface area contributed by atoms with Gasteiger partial charge in [0.25, 0.3) is 0 Å². The van der Waals surface area contributed by atoms with E-state index in [1.54, 1.807) is 0 Å². The van der Waals surface area contributed by atoms with E-state index in [0.29, 0.717) is 25.2 Å². The highest BCUT2D eigenvalue weighted by molar-refractivity contribution is 7.99. The Morgan fingerprint density at radius 1 is 1.40 bits per heavy atom. The smallest absolute Gasteiger partial charge is 0.308 e. The first-order chi connectivity index (χ1) is 7.22. The van der Waals surface area contributed by atoms with Crippen molar-refractivity contribution in [1.82, 2.24) is 0 Å². The molecule has 1 heterocycles. The second kappa shape index (κ2) is 4.56. The maximum Gasteiger partial charge on any atom is 0.308 e. The van der Waals surface area contributed by atoms with Gasteiger partial charge in [-0.1, -0.05) is 0 Å². The largest absolute Gasteiger partial charge is 0.466 e. The zero-order valence-corrected chi connectivity index (χ0v) is 9.72. The van der Waals surface area contributed by atoms with Gasteiger partial charge in [-0.2, -0.15) is 11.8 Å². The summed E-state index contributed by atoms with van der Waals surface area (Å²) in [6.45, 7) is 2.26. The summed E-state index contributed by atoms with van der Waals surface area (Å²) in [5.74, 6) is 2.25. The summed E-state index contributed by atoms with van der Waals surface area (Å²) >= 11 is 1.84. The lowest BCUT2D eigenvalue weighted by Crippen LogP contribution is -2.41. The van der Waals surface area contributed by atoms with Gasteiger partial charge in [-0.05, 0) is 19.8 Å². The molecule has 0 spiro atoms. The number of carbonyl (C=O) groups is 2. The third-order valence-electron chi connectivity index (χ3n) is 3.20. The molecule has 0 aromatic heterocycles. The number of Topliss-reactive ketones (excluding diaryl/α,β-unsaturated/α-hetero) is 1. The molecule has 2 fully saturated rings. The zero-order valence-electron chi connectivity index (χ0n) is 8.90. The predicted octanol–water partition coefficient (Wildman–Crippen LogP) is 1.51. The van der Waals surface area contributed by atoms with Crippen LogP contribution < -0.4 is 0 Å². The molecule has 0 amide bonds. The van der Waals surface area contributed by atoms with Crippen molar-refractivity contribution in [2.75, 3.05) is 18.1 Å². The molecule has 0 aromatic carbocycles. The Kier molecular flexibility index (Phi) is 3.34. The van der Waals surface area contributed by atoms with Gasteiger partial charge in [-0.15, -0.1) is 0 Å². The number of fused-ring (bicyclic) bond motifs is 2. The summed E-state index contributed by atoms with van der Waals surface area (Å²) < 4.78 is 5.02. The quantitative estimate of drug-likeness (QED) is 0.672. The Bertz CT molecular complexity index is 261. The van der Waals surface area contributed by atoms with Crippen LogP contribution in [0, 0.1) is 17.8 Å². The molecule has 0 N–H and O–H groups in total. The maximum absolute atomic E-state index is 11.8. The Labute approximate surface area is 93.9 Å². The molecule has 4 heteroatoms. The summed E-state index contributed by atoms with van der Waals surface area (Å²) in [6, 6.07) is 0. The van der Waals surface area contributed by atoms with Crippen LogP contribution in [0.1, 0.15) is 19.8 Å². The molecule has 2 atom stereocenters. The van der Waals surface area contributed by atoms with Crippen molar-refractivity contribution in [1.29, 1.82) is 0 Å². The average Bonchev–Trinajstić information content (AvgIpc) is 2.17. The minimum Gasteiger partial charge on any atom is -0.466 e. The van der Waals surface area contributed by atoms with E-state index >= 15 is 0 Å². The van der Waals surface area contributed by atoms with Crippen LogP contribution >= 0.6 is 11.8 Å². The van der Waals surface area contributed by atoms with E-state index in [1.807, 2.05) is 18.7 Å². The summed E-state index contributed by atoms with van der Waals surface area (Å²) in [5.41, 5.74) is 0. The van der Waals surface area contributed by atoms with Gasteiger partial charge in [0.05, 0.1) is 12.5 Å². The van der Waals surface area contributed by atoms with E-state index in [0.717, 1.165) is 11.5 Å². The number of ether oxygens (including phenoxy) is 1. The Morgan fingerprint density at radius 3 is 2.53 bits per heavy atom. The summed E-state index contributed by atoms with van der Waals surface area (Å²) in [4.78, 5) is 23.4. The van der Waals surface area contributed by atoms with Gasteiger partial charge in [0.1, 0.15) is 5.78 Å². The van der Waals surface area contributed by atoms with Gasteiger partial charge in [0, 0.05) is 23.3 Å². The lowest BCUT2D eigenvalue weighted by atomic mass is 9.75. The van der Waals surface area contributed by atoms with Crippen molar-refractivity contribution < 1.29 is 14.3 Å². The minimum absolute atomic E-state index is 0.0291. The molecule has 1 saturated carbocycles. The van der Waals surface area contributed by atoms with Crippen molar-refractivity contribution in [2.45, 2.75) is 19.8 Å². The lowest BCUT2D eigenvalue weighted by Gasteiger charge is -2.36. The first-order valence-electron chi connectivity index (χ1n) is 5.50. The van der Waals surface area contributed by atoms with E-state index in [9.17, 15) is 9.59 Å². The fraction of sp³-hybridized carbons (Fsp3) is 0.818. The molecule has 2 unspecified atom stereocenters. The second-order valence-electron chi connectivity index (χ2n) is 4.25. The van der Waals surface area contributed by atoms with Crippen molar-refractivity contribution >= 4 is 23.5 Å². The fourth-order valence-corrected chi connectivity index (χ4v) is 3.76. The molecule has 3 nitrogen and oxygen atoms in total. The number of carbonyl (C=O) groups excluding carboxylic acids is 2. The molecule has 0 aromatic rings. The lowest BCUT2D eigenvalue weighted by molar-refractivity contribution is -0.151. The Balaban J connectivity index is 2.01. The van der Waals surface area contributed by atoms with Crippen LogP contribution in [0.25, 0.3) is 0 Å². The van der Waals surface area contributed by atoms with Crippen LogP contribution in [0.4, 0.5) is 0 Å². The maximum atomic E-state index is 11.8. The summed E-state index contributed by atoms with van der Waals surface area (Å²) in [7, 11) is 0. The van der Waals surface area contributed by atoms with E-state index in [2.05, 4.69) is 0 Å². The van der Waals surface area contributed by atoms with Crippen LogP contribution in [0.3, 0.4) is 0 Å². The van der Waals surface area contributed by atoms with Gasteiger partial charge in [-0.3, -0.25) is 9.59 Å². The SMILES string of the molecule is CCOC(=O)C1CC2CSCC(C1)C2=O.